The first-order valence-corrected chi connectivity index (χ1v) is 11.3. The van der Waals surface area contributed by atoms with Crippen LogP contribution in [0.5, 0.6) is 0 Å². The molecule has 0 fully saturated rings. The maximum Gasteiger partial charge on any atom is 0.293 e. The first-order valence-electron chi connectivity index (χ1n) is 11.3. The van der Waals surface area contributed by atoms with E-state index in [4.69, 9.17) is 0 Å². The normalized spacial score (nSPS) is 11.4. The third kappa shape index (κ3) is 5.40. The second-order valence-electron chi connectivity index (χ2n) is 9.88. The molecule has 9 heteroatoms. The number of amides is 1. The fraction of sp³-hybridized carbons (Fsp3) is 0.346. The van der Waals surface area contributed by atoms with Crippen molar-refractivity contribution < 1.29 is 14.5 Å². The Morgan fingerprint density at radius 1 is 1.06 bits per heavy atom. The van der Waals surface area contributed by atoms with Gasteiger partial charge in [0.15, 0.2) is 11.6 Å². The number of carbonyl (C=O) groups excluding carboxylic acids is 2. The van der Waals surface area contributed by atoms with Crippen molar-refractivity contribution >= 4 is 28.9 Å². The van der Waals surface area contributed by atoms with Crippen molar-refractivity contribution in [3.05, 3.63) is 81.0 Å². The molecule has 0 saturated carbocycles. The van der Waals surface area contributed by atoms with E-state index >= 15 is 0 Å². The highest BCUT2D eigenvalue weighted by Crippen LogP contribution is 2.30. The lowest BCUT2D eigenvalue weighted by molar-refractivity contribution is -0.384. The Bertz CT molecular complexity index is 1290. The van der Waals surface area contributed by atoms with Crippen molar-refractivity contribution in [3.8, 4) is 0 Å². The zero-order valence-corrected chi connectivity index (χ0v) is 21.1. The number of hydrogen-bond donors (Lipinski definition) is 1. The number of hydrogen-bond acceptors (Lipinski definition) is 6. The van der Waals surface area contributed by atoms with Gasteiger partial charge in [-0.3, -0.25) is 24.4 Å². The van der Waals surface area contributed by atoms with Gasteiger partial charge in [0.25, 0.3) is 11.6 Å². The van der Waals surface area contributed by atoms with E-state index in [-0.39, 0.29) is 33.8 Å². The number of nitrogens with zero attached hydrogens (tertiary/aromatic N) is 4. The molecule has 0 unspecified atom stereocenters. The third-order valence-corrected chi connectivity index (χ3v) is 5.54. The Morgan fingerprint density at radius 2 is 1.69 bits per heavy atom. The second-order valence-corrected chi connectivity index (χ2v) is 9.88. The molecule has 3 aromatic rings. The Morgan fingerprint density at radius 3 is 2.20 bits per heavy atom. The molecule has 184 valence electrons. The van der Waals surface area contributed by atoms with E-state index in [1.54, 1.807) is 37.2 Å². The summed E-state index contributed by atoms with van der Waals surface area (Å²) in [5.74, 6) is -0.376. The molecule has 0 radical (unpaired) electrons. The Kier molecular flexibility index (Phi) is 7.09. The lowest BCUT2D eigenvalue weighted by Gasteiger charge is -2.23. The molecule has 35 heavy (non-hydrogen) atoms. The lowest BCUT2D eigenvalue weighted by atomic mass is 9.97. The minimum absolute atomic E-state index is 0.127. The molecule has 3 rings (SSSR count). The fourth-order valence-corrected chi connectivity index (χ4v) is 3.81. The molecule has 0 spiro atoms. The number of rotatable bonds is 7. The second kappa shape index (κ2) is 9.69. The van der Waals surface area contributed by atoms with Crippen molar-refractivity contribution in [2.24, 2.45) is 0 Å². The van der Waals surface area contributed by atoms with E-state index in [1.165, 1.54) is 24.3 Å². The van der Waals surface area contributed by atoms with E-state index in [2.05, 4.69) is 24.3 Å². The van der Waals surface area contributed by atoms with Gasteiger partial charge in [-0.2, -0.15) is 5.10 Å². The summed E-state index contributed by atoms with van der Waals surface area (Å²) in [6, 6.07) is 12.5. The smallest absolute Gasteiger partial charge is 0.293 e. The van der Waals surface area contributed by atoms with Gasteiger partial charge in [-0.25, -0.2) is 0 Å². The lowest BCUT2D eigenvalue weighted by Crippen LogP contribution is -2.26. The molecule has 2 aromatic carbocycles. The van der Waals surface area contributed by atoms with E-state index in [9.17, 15) is 19.7 Å². The monoisotopic (exact) mass is 477 g/mol. The predicted molar refractivity (Wildman–Crippen MR) is 137 cm³/mol. The SMILES string of the molecule is CC(C)c1cc(NC(=O)c2ccccc2C(=O)c2ccc(N(C)C)c([N+](=O)[O-])c2)nn1C(C)(C)C. The number of aromatic nitrogens is 2. The molecular formula is C26H31N5O4. The summed E-state index contributed by atoms with van der Waals surface area (Å²) >= 11 is 0. The van der Waals surface area contributed by atoms with Crippen LogP contribution in [0.15, 0.2) is 48.5 Å². The summed E-state index contributed by atoms with van der Waals surface area (Å²) in [6.07, 6.45) is 0. The highest BCUT2D eigenvalue weighted by Gasteiger charge is 2.25. The summed E-state index contributed by atoms with van der Waals surface area (Å²) in [6.45, 7) is 10.2. The predicted octanol–water partition coefficient (Wildman–Crippen LogP) is 5.22. The number of nitro groups is 1. The average molecular weight is 478 g/mol. The molecule has 1 aromatic heterocycles. The average Bonchev–Trinajstić information content (AvgIpc) is 3.23. The van der Waals surface area contributed by atoms with Crippen molar-refractivity contribution in [2.45, 2.75) is 46.1 Å². The van der Waals surface area contributed by atoms with Crippen LogP contribution in [-0.4, -0.2) is 40.5 Å². The van der Waals surface area contributed by atoms with Gasteiger partial charge in [0.1, 0.15) is 5.69 Å². The number of nitrogens with one attached hydrogen (secondary N) is 1. The van der Waals surface area contributed by atoms with Crippen LogP contribution in [0, 0.1) is 10.1 Å². The Hall–Kier alpha value is -4.01. The van der Waals surface area contributed by atoms with Crippen LogP contribution >= 0.6 is 0 Å². The van der Waals surface area contributed by atoms with Gasteiger partial charge >= 0.3 is 0 Å². The molecule has 0 bridgehead atoms. The van der Waals surface area contributed by atoms with Crippen LogP contribution in [-0.2, 0) is 5.54 Å². The molecule has 0 aliphatic heterocycles. The highest BCUT2D eigenvalue weighted by atomic mass is 16.6. The van der Waals surface area contributed by atoms with E-state index in [0.29, 0.717) is 11.5 Å². The summed E-state index contributed by atoms with van der Waals surface area (Å²) in [5.41, 5.74) is 1.34. The minimum atomic E-state index is -0.525. The molecular weight excluding hydrogens is 446 g/mol. The van der Waals surface area contributed by atoms with Gasteiger partial charge < -0.3 is 10.2 Å². The van der Waals surface area contributed by atoms with Crippen LogP contribution in [0.3, 0.4) is 0 Å². The van der Waals surface area contributed by atoms with E-state index in [0.717, 1.165) is 5.69 Å². The molecule has 9 nitrogen and oxygen atoms in total. The van der Waals surface area contributed by atoms with Gasteiger partial charge in [-0.1, -0.05) is 32.0 Å². The zero-order valence-electron chi connectivity index (χ0n) is 21.1. The van der Waals surface area contributed by atoms with Crippen LogP contribution in [0.2, 0.25) is 0 Å². The van der Waals surface area contributed by atoms with Gasteiger partial charge in [-0.15, -0.1) is 0 Å². The number of carbonyl (C=O) groups is 2. The molecule has 1 heterocycles. The van der Waals surface area contributed by atoms with Crippen molar-refractivity contribution in [2.75, 3.05) is 24.3 Å². The molecule has 0 aliphatic rings. The number of nitro benzene ring substituents is 1. The molecule has 0 aliphatic carbocycles. The van der Waals surface area contributed by atoms with Crippen LogP contribution in [0.1, 0.15) is 72.5 Å². The quantitative estimate of drug-likeness (QED) is 0.284. The summed E-state index contributed by atoms with van der Waals surface area (Å²) in [7, 11) is 3.38. The minimum Gasteiger partial charge on any atom is -0.372 e. The Balaban J connectivity index is 1.97. The van der Waals surface area contributed by atoms with Gasteiger partial charge in [0, 0.05) is 43.0 Å². The Labute approximate surface area is 204 Å². The maximum atomic E-state index is 13.3. The highest BCUT2D eigenvalue weighted by molar-refractivity contribution is 6.17. The van der Waals surface area contributed by atoms with Crippen molar-refractivity contribution in [3.63, 3.8) is 0 Å². The fourth-order valence-electron chi connectivity index (χ4n) is 3.81. The molecule has 0 atom stereocenters. The molecule has 1 N–H and O–H groups in total. The van der Waals surface area contributed by atoms with Crippen LogP contribution in [0.4, 0.5) is 17.2 Å². The number of anilines is 2. The number of benzene rings is 2. The van der Waals surface area contributed by atoms with Gasteiger partial charge in [0.05, 0.1) is 16.0 Å². The topological polar surface area (TPSA) is 110 Å². The zero-order chi connectivity index (χ0) is 26.1. The summed E-state index contributed by atoms with van der Waals surface area (Å²) in [5, 5.41) is 18.9. The van der Waals surface area contributed by atoms with Crippen LogP contribution < -0.4 is 10.2 Å². The van der Waals surface area contributed by atoms with Gasteiger partial charge in [0.2, 0.25) is 0 Å². The van der Waals surface area contributed by atoms with Gasteiger partial charge in [-0.05, 0) is 44.9 Å². The molecule has 1 amide bonds. The standard InChI is InChI=1S/C26H31N5O4/c1-16(2)21-15-23(28-30(21)26(3,4)5)27-25(33)19-11-9-8-10-18(19)24(32)17-12-13-20(29(6)7)22(14-17)31(34)35/h8-16H,1-7H3,(H,27,28,33). The van der Waals surface area contributed by atoms with Crippen molar-refractivity contribution in [1.82, 2.24) is 9.78 Å². The van der Waals surface area contributed by atoms with Crippen molar-refractivity contribution in [1.29, 1.82) is 0 Å². The first kappa shape index (κ1) is 25.6. The molecule has 0 saturated heterocycles. The number of ketones is 1. The van der Waals surface area contributed by atoms with Crippen LogP contribution in [0.25, 0.3) is 0 Å². The third-order valence-electron chi connectivity index (χ3n) is 5.54. The van der Waals surface area contributed by atoms with E-state index < -0.39 is 16.6 Å². The van der Waals surface area contributed by atoms with E-state index in [1.807, 2.05) is 31.5 Å². The maximum absolute atomic E-state index is 13.3. The summed E-state index contributed by atoms with van der Waals surface area (Å²) < 4.78 is 1.88. The summed E-state index contributed by atoms with van der Waals surface area (Å²) in [4.78, 5) is 39.2. The first-order chi connectivity index (χ1) is 16.3. The largest absolute Gasteiger partial charge is 0.372 e.